The lowest BCUT2D eigenvalue weighted by atomic mass is 9.98. The van der Waals surface area contributed by atoms with E-state index >= 15 is 0 Å². The van der Waals surface area contributed by atoms with E-state index in [2.05, 4.69) is 9.72 Å². The van der Waals surface area contributed by atoms with Gasteiger partial charge in [-0.1, -0.05) is 18.2 Å². The summed E-state index contributed by atoms with van der Waals surface area (Å²) in [4.78, 5) is 3.88. The minimum Gasteiger partial charge on any atom is -0.405 e. The number of aliphatic hydroxyl groups is 1. The van der Waals surface area contributed by atoms with Crippen LogP contribution in [0.5, 0.6) is 5.75 Å². The Kier molecular flexibility index (Phi) is 3.94. The van der Waals surface area contributed by atoms with Gasteiger partial charge in [-0.2, -0.15) is 0 Å². The fourth-order valence-electron chi connectivity index (χ4n) is 1.88. The average Bonchev–Trinajstić information content (AvgIpc) is 2.37. The fourth-order valence-corrected chi connectivity index (χ4v) is 1.88. The van der Waals surface area contributed by atoms with Crippen molar-refractivity contribution in [3.8, 4) is 5.75 Å². The van der Waals surface area contributed by atoms with Crippen molar-refractivity contribution < 1.29 is 23.0 Å². The summed E-state index contributed by atoms with van der Waals surface area (Å²) in [5, 5.41) is 10.3. The minimum absolute atomic E-state index is 0.0547. The Hall–Kier alpha value is -2.08. The number of nitrogens with zero attached hydrogens (tertiary/aromatic N) is 1. The predicted molar refractivity (Wildman–Crippen MR) is 66.2 cm³/mol. The Bertz CT molecular complexity index is 599. The van der Waals surface area contributed by atoms with Crippen molar-refractivity contribution in [1.82, 2.24) is 4.98 Å². The molecular formula is C14H12F3NO2. The van der Waals surface area contributed by atoms with Gasteiger partial charge in [-0.3, -0.25) is 4.98 Å². The zero-order valence-electron chi connectivity index (χ0n) is 10.6. The number of hydrogen-bond acceptors (Lipinski definition) is 3. The summed E-state index contributed by atoms with van der Waals surface area (Å²) in [5.41, 5.74) is 1.22. The molecule has 0 spiro atoms. The highest BCUT2D eigenvalue weighted by Crippen LogP contribution is 2.34. The molecule has 2 aromatic rings. The molecule has 0 aliphatic carbocycles. The summed E-state index contributed by atoms with van der Waals surface area (Å²) in [6.07, 6.45) is -3.01. The van der Waals surface area contributed by atoms with E-state index in [4.69, 9.17) is 0 Å². The van der Waals surface area contributed by atoms with Crippen LogP contribution in [0.25, 0.3) is 0 Å². The molecule has 0 aliphatic heterocycles. The van der Waals surface area contributed by atoms with Gasteiger partial charge < -0.3 is 9.84 Å². The summed E-state index contributed by atoms with van der Waals surface area (Å²) < 4.78 is 41.0. The number of benzene rings is 1. The molecule has 106 valence electrons. The average molecular weight is 283 g/mol. The van der Waals surface area contributed by atoms with Gasteiger partial charge in [0.05, 0.1) is 0 Å². The number of aryl methyl sites for hydroxylation is 1. The van der Waals surface area contributed by atoms with Crippen LogP contribution in [0.15, 0.2) is 42.7 Å². The van der Waals surface area contributed by atoms with Gasteiger partial charge >= 0.3 is 6.36 Å². The number of rotatable bonds is 3. The smallest absolute Gasteiger partial charge is 0.405 e. The summed E-state index contributed by atoms with van der Waals surface area (Å²) in [6.45, 7) is 1.72. The van der Waals surface area contributed by atoms with Gasteiger partial charge in [0.2, 0.25) is 0 Å². The van der Waals surface area contributed by atoms with Crippen LogP contribution in [0.1, 0.15) is 22.8 Å². The number of alkyl halides is 3. The molecule has 1 N–H and O–H groups in total. The topological polar surface area (TPSA) is 42.4 Å². The van der Waals surface area contributed by atoms with Crippen molar-refractivity contribution in [3.63, 3.8) is 0 Å². The zero-order chi connectivity index (χ0) is 14.8. The van der Waals surface area contributed by atoms with E-state index in [1.165, 1.54) is 36.7 Å². The van der Waals surface area contributed by atoms with Crippen LogP contribution in [-0.2, 0) is 0 Å². The Labute approximate surface area is 113 Å². The Morgan fingerprint density at radius 3 is 2.50 bits per heavy atom. The molecule has 0 aliphatic rings. The van der Waals surface area contributed by atoms with E-state index in [0.717, 1.165) is 0 Å². The molecular weight excluding hydrogens is 271 g/mol. The molecule has 0 saturated carbocycles. The molecule has 20 heavy (non-hydrogen) atoms. The van der Waals surface area contributed by atoms with Crippen LogP contribution in [-0.4, -0.2) is 16.5 Å². The Morgan fingerprint density at radius 1 is 1.15 bits per heavy atom. The van der Waals surface area contributed by atoms with Gasteiger partial charge in [0, 0.05) is 18.0 Å². The maximum atomic E-state index is 12.4. The number of hydrogen-bond donors (Lipinski definition) is 1. The summed E-state index contributed by atoms with van der Waals surface area (Å²) >= 11 is 0. The third-order valence-electron chi connectivity index (χ3n) is 2.80. The number of ether oxygens (including phenoxy) is 1. The standard InChI is InChI=1S/C14H12F3NO2/c1-9-8-18-7-6-10(9)13(19)11-4-2-3-5-12(11)20-14(15,16)17/h2-8,13,19H,1H3. The largest absolute Gasteiger partial charge is 0.573 e. The molecule has 0 saturated heterocycles. The molecule has 1 atom stereocenters. The summed E-state index contributed by atoms with van der Waals surface area (Å²) in [5.74, 6) is -0.413. The molecule has 6 heteroatoms. The Balaban J connectivity index is 2.40. The molecule has 3 nitrogen and oxygen atoms in total. The molecule has 0 amide bonds. The van der Waals surface area contributed by atoms with Gasteiger partial charge in [0.1, 0.15) is 11.9 Å². The molecule has 0 radical (unpaired) electrons. The maximum absolute atomic E-state index is 12.4. The molecule has 1 heterocycles. The first-order valence-electron chi connectivity index (χ1n) is 5.82. The van der Waals surface area contributed by atoms with E-state index in [9.17, 15) is 18.3 Å². The van der Waals surface area contributed by atoms with Gasteiger partial charge in [0.25, 0.3) is 0 Å². The first kappa shape index (κ1) is 14.3. The molecule has 1 aromatic carbocycles. The third kappa shape index (κ3) is 3.27. The number of pyridine rings is 1. The first-order valence-corrected chi connectivity index (χ1v) is 5.82. The Morgan fingerprint density at radius 2 is 1.85 bits per heavy atom. The quantitative estimate of drug-likeness (QED) is 0.939. The van der Waals surface area contributed by atoms with E-state index in [-0.39, 0.29) is 5.56 Å². The number of halogens is 3. The van der Waals surface area contributed by atoms with Gasteiger partial charge in [0.15, 0.2) is 0 Å². The minimum atomic E-state index is -4.80. The van der Waals surface area contributed by atoms with Crippen molar-refractivity contribution >= 4 is 0 Å². The monoisotopic (exact) mass is 283 g/mol. The van der Waals surface area contributed by atoms with E-state index in [1.807, 2.05) is 0 Å². The van der Waals surface area contributed by atoms with Crippen molar-refractivity contribution in [3.05, 3.63) is 59.4 Å². The molecule has 2 rings (SSSR count). The van der Waals surface area contributed by atoms with Crippen LogP contribution in [0, 0.1) is 6.92 Å². The van der Waals surface area contributed by atoms with Gasteiger partial charge in [-0.15, -0.1) is 13.2 Å². The van der Waals surface area contributed by atoms with Gasteiger partial charge in [-0.05, 0) is 30.2 Å². The van der Waals surface area contributed by atoms with Crippen LogP contribution >= 0.6 is 0 Å². The summed E-state index contributed by atoms with van der Waals surface area (Å²) in [7, 11) is 0. The lowest BCUT2D eigenvalue weighted by Crippen LogP contribution is -2.19. The maximum Gasteiger partial charge on any atom is 0.573 e. The highest BCUT2D eigenvalue weighted by Gasteiger charge is 2.33. The highest BCUT2D eigenvalue weighted by molar-refractivity contribution is 5.41. The zero-order valence-corrected chi connectivity index (χ0v) is 10.6. The second-order valence-electron chi connectivity index (χ2n) is 4.22. The molecule has 0 bridgehead atoms. The molecule has 0 fully saturated rings. The number of aromatic nitrogens is 1. The predicted octanol–water partition coefficient (Wildman–Crippen LogP) is 3.37. The number of para-hydroxylation sites is 1. The van der Waals surface area contributed by atoms with Crippen LogP contribution in [0.4, 0.5) is 13.2 Å². The molecule has 1 unspecified atom stereocenters. The second kappa shape index (κ2) is 5.50. The normalized spacial score (nSPS) is 13.1. The van der Waals surface area contributed by atoms with Crippen LogP contribution < -0.4 is 4.74 Å². The van der Waals surface area contributed by atoms with E-state index < -0.39 is 18.2 Å². The SMILES string of the molecule is Cc1cnccc1C(O)c1ccccc1OC(F)(F)F. The van der Waals surface area contributed by atoms with Crippen molar-refractivity contribution in [2.24, 2.45) is 0 Å². The fraction of sp³-hybridized carbons (Fsp3) is 0.214. The lowest BCUT2D eigenvalue weighted by molar-refractivity contribution is -0.275. The third-order valence-corrected chi connectivity index (χ3v) is 2.80. The van der Waals surface area contributed by atoms with Crippen molar-refractivity contribution in [1.29, 1.82) is 0 Å². The van der Waals surface area contributed by atoms with Crippen LogP contribution in [0.2, 0.25) is 0 Å². The lowest BCUT2D eigenvalue weighted by Gasteiger charge is -2.18. The van der Waals surface area contributed by atoms with Crippen molar-refractivity contribution in [2.45, 2.75) is 19.4 Å². The van der Waals surface area contributed by atoms with E-state index in [1.54, 1.807) is 13.0 Å². The van der Waals surface area contributed by atoms with Gasteiger partial charge in [-0.25, -0.2) is 0 Å². The highest BCUT2D eigenvalue weighted by atomic mass is 19.4. The van der Waals surface area contributed by atoms with Crippen molar-refractivity contribution in [2.75, 3.05) is 0 Å². The van der Waals surface area contributed by atoms with E-state index in [0.29, 0.717) is 11.1 Å². The van der Waals surface area contributed by atoms with Crippen LogP contribution in [0.3, 0.4) is 0 Å². The number of aliphatic hydroxyl groups excluding tert-OH is 1. The molecule has 1 aromatic heterocycles. The summed E-state index contributed by atoms with van der Waals surface area (Å²) in [6, 6.07) is 7.08. The second-order valence-corrected chi connectivity index (χ2v) is 4.22. The first-order chi connectivity index (χ1) is 9.38.